The maximum atomic E-state index is 4.71. The van der Waals surface area contributed by atoms with E-state index in [2.05, 4.69) is 51.5 Å². The minimum atomic E-state index is 0.667. The second-order valence-electron chi connectivity index (χ2n) is 6.17. The minimum absolute atomic E-state index is 0.667. The zero-order chi connectivity index (χ0) is 14.4. The molecule has 0 saturated heterocycles. The van der Waals surface area contributed by atoms with E-state index in [4.69, 9.17) is 5.10 Å². The number of aromatic nitrogens is 2. The molecule has 1 unspecified atom stereocenters. The Bertz CT molecular complexity index is 380. The maximum absolute atomic E-state index is 4.71. The number of nitrogens with one attached hydrogen (secondary N) is 1. The van der Waals surface area contributed by atoms with E-state index in [9.17, 15) is 0 Å². The van der Waals surface area contributed by atoms with E-state index in [1.54, 1.807) is 0 Å². The molecule has 1 aromatic rings. The summed E-state index contributed by atoms with van der Waals surface area (Å²) >= 11 is 0. The number of rotatable bonds is 8. The molecule has 1 heterocycles. The molecule has 110 valence electrons. The van der Waals surface area contributed by atoms with E-state index in [1.807, 2.05) is 0 Å². The molecule has 3 heteroatoms. The highest BCUT2D eigenvalue weighted by Gasteiger charge is 2.14. The van der Waals surface area contributed by atoms with E-state index in [-0.39, 0.29) is 0 Å². The molecule has 19 heavy (non-hydrogen) atoms. The molecule has 0 aliphatic heterocycles. The van der Waals surface area contributed by atoms with Crippen LogP contribution in [0.15, 0.2) is 0 Å². The van der Waals surface area contributed by atoms with Crippen LogP contribution >= 0.6 is 0 Å². The molecule has 1 atom stereocenters. The van der Waals surface area contributed by atoms with Gasteiger partial charge < -0.3 is 5.32 Å². The summed E-state index contributed by atoms with van der Waals surface area (Å²) in [6.45, 7) is 16.6. The van der Waals surface area contributed by atoms with Gasteiger partial charge in [0.05, 0.1) is 5.69 Å². The number of hydrogen-bond donors (Lipinski definition) is 1. The number of nitrogens with zero attached hydrogens (tertiary/aromatic N) is 2. The van der Waals surface area contributed by atoms with Crippen LogP contribution in [0.1, 0.15) is 51.1 Å². The van der Waals surface area contributed by atoms with Gasteiger partial charge in [-0.05, 0) is 57.2 Å². The van der Waals surface area contributed by atoms with Crippen molar-refractivity contribution in [3.05, 3.63) is 17.0 Å². The molecule has 1 N–H and O–H groups in total. The summed E-state index contributed by atoms with van der Waals surface area (Å²) in [4.78, 5) is 0. The summed E-state index contributed by atoms with van der Waals surface area (Å²) in [5, 5.41) is 8.14. The van der Waals surface area contributed by atoms with E-state index >= 15 is 0 Å². The Kier molecular flexibility index (Phi) is 6.56. The zero-order valence-corrected chi connectivity index (χ0v) is 13.6. The molecule has 0 radical (unpaired) electrons. The number of aryl methyl sites for hydroxylation is 2. The van der Waals surface area contributed by atoms with E-state index in [0.717, 1.165) is 32.0 Å². The van der Waals surface area contributed by atoms with E-state index < -0.39 is 0 Å². The summed E-state index contributed by atoms with van der Waals surface area (Å²) in [6.07, 6.45) is 2.33. The molecule has 0 amide bonds. The predicted molar refractivity (Wildman–Crippen MR) is 82.6 cm³/mol. The standard InChI is InChI=1S/C16H31N3/c1-7-17-11-13(4)10-16-14(5)18-19(15(16)6)9-8-12(2)3/h12-13,17H,7-11H2,1-6H3. The first-order chi connectivity index (χ1) is 8.95. The lowest BCUT2D eigenvalue weighted by molar-refractivity contribution is 0.477. The quantitative estimate of drug-likeness (QED) is 0.781. The normalized spacial score (nSPS) is 13.2. The van der Waals surface area contributed by atoms with Gasteiger partial charge in [0, 0.05) is 12.2 Å². The van der Waals surface area contributed by atoms with Crippen molar-refractivity contribution in [3.63, 3.8) is 0 Å². The average molecular weight is 265 g/mol. The minimum Gasteiger partial charge on any atom is -0.317 e. The average Bonchev–Trinajstić information content (AvgIpc) is 2.61. The van der Waals surface area contributed by atoms with Crippen LogP contribution < -0.4 is 5.32 Å². The van der Waals surface area contributed by atoms with Crippen molar-refractivity contribution < 1.29 is 0 Å². The van der Waals surface area contributed by atoms with Crippen LogP contribution in [0, 0.1) is 25.7 Å². The third-order valence-electron chi connectivity index (χ3n) is 3.74. The first kappa shape index (κ1) is 16.2. The van der Waals surface area contributed by atoms with Gasteiger partial charge in [0.15, 0.2) is 0 Å². The van der Waals surface area contributed by atoms with Crippen LogP contribution in [0.2, 0.25) is 0 Å². The second-order valence-corrected chi connectivity index (χ2v) is 6.17. The predicted octanol–water partition coefficient (Wildman–Crippen LogP) is 3.33. The van der Waals surface area contributed by atoms with Crippen molar-refractivity contribution in [3.8, 4) is 0 Å². The third kappa shape index (κ3) is 4.98. The van der Waals surface area contributed by atoms with Gasteiger partial charge in [-0.2, -0.15) is 5.10 Å². The van der Waals surface area contributed by atoms with Crippen molar-refractivity contribution in [2.24, 2.45) is 11.8 Å². The molecular formula is C16H31N3. The summed E-state index contributed by atoms with van der Waals surface area (Å²) in [5.41, 5.74) is 4.03. The van der Waals surface area contributed by atoms with Crippen molar-refractivity contribution in [1.29, 1.82) is 0 Å². The van der Waals surface area contributed by atoms with Gasteiger partial charge in [-0.25, -0.2) is 0 Å². The van der Waals surface area contributed by atoms with Crippen LogP contribution in [0.3, 0.4) is 0 Å². The van der Waals surface area contributed by atoms with Gasteiger partial charge in [-0.15, -0.1) is 0 Å². The summed E-state index contributed by atoms with van der Waals surface area (Å²) in [5.74, 6) is 1.40. The number of hydrogen-bond acceptors (Lipinski definition) is 2. The second kappa shape index (κ2) is 7.68. The molecule has 0 saturated carbocycles. The van der Waals surface area contributed by atoms with Crippen LogP contribution in [-0.4, -0.2) is 22.9 Å². The van der Waals surface area contributed by atoms with Crippen LogP contribution in [0.4, 0.5) is 0 Å². The summed E-state index contributed by atoms with van der Waals surface area (Å²) < 4.78 is 2.20. The molecular weight excluding hydrogens is 234 g/mol. The molecule has 0 aliphatic carbocycles. The van der Waals surface area contributed by atoms with Gasteiger partial charge >= 0.3 is 0 Å². The van der Waals surface area contributed by atoms with Crippen molar-refractivity contribution in [1.82, 2.24) is 15.1 Å². The fraction of sp³-hybridized carbons (Fsp3) is 0.812. The molecule has 3 nitrogen and oxygen atoms in total. The van der Waals surface area contributed by atoms with Crippen LogP contribution in [0.5, 0.6) is 0 Å². The van der Waals surface area contributed by atoms with Crippen LogP contribution in [0.25, 0.3) is 0 Å². The Labute approximate surface area is 118 Å². The van der Waals surface area contributed by atoms with E-state index in [0.29, 0.717) is 5.92 Å². The lowest BCUT2D eigenvalue weighted by Crippen LogP contribution is -2.22. The van der Waals surface area contributed by atoms with Gasteiger partial charge in [0.25, 0.3) is 0 Å². The van der Waals surface area contributed by atoms with Crippen LogP contribution in [-0.2, 0) is 13.0 Å². The Morgan fingerprint density at radius 2 is 1.89 bits per heavy atom. The molecule has 1 aromatic heterocycles. The first-order valence-corrected chi connectivity index (χ1v) is 7.69. The Morgan fingerprint density at radius 3 is 2.47 bits per heavy atom. The lowest BCUT2D eigenvalue weighted by Gasteiger charge is -2.12. The van der Waals surface area contributed by atoms with Gasteiger partial charge in [-0.1, -0.05) is 27.7 Å². The van der Waals surface area contributed by atoms with Gasteiger partial charge in [0.2, 0.25) is 0 Å². The largest absolute Gasteiger partial charge is 0.317 e. The lowest BCUT2D eigenvalue weighted by atomic mass is 9.99. The SMILES string of the molecule is CCNCC(C)Cc1c(C)nn(CCC(C)C)c1C. The molecule has 0 aromatic carbocycles. The third-order valence-corrected chi connectivity index (χ3v) is 3.74. The highest BCUT2D eigenvalue weighted by Crippen LogP contribution is 2.18. The van der Waals surface area contributed by atoms with Gasteiger partial charge in [0.1, 0.15) is 0 Å². The smallest absolute Gasteiger partial charge is 0.0628 e. The highest BCUT2D eigenvalue weighted by molar-refractivity contribution is 5.25. The molecule has 0 bridgehead atoms. The summed E-state index contributed by atoms with van der Waals surface area (Å²) in [7, 11) is 0. The zero-order valence-electron chi connectivity index (χ0n) is 13.6. The maximum Gasteiger partial charge on any atom is 0.0628 e. The summed E-state index contributed by atoms with van der Waals surface area (Å²) in [6, 6.07) is 0. The molecule has 0 spiro atoms. The molecule has 0 fully saturated rings. The highest BCUT2D eigenvalue weighted by atomic mass is 15.3. The Hall–Kier alpha value is -0.830. The van der Waals surface area contributed by atoms with Gasteiger partial charge in [-0.3, -0.25) is 4.68 Å². The molecule has 0 aliphatic rings. The fourth-order valence-electron chi connectivity index (χ4n) is 2.44. The van der Waals surface area contributed by atoms with Crippen molar-refractivity contribution in [2.45, 2.75) is 60.9 Å². The van der Waals surface area contributed by atoms with E-state index in [1.165, 1.54) is 23.4 Å². The van der Waals surface area contributed by atoms with Crippen molar-refractivity contribution in [2.75, 3.05) is 13.1 Å². The molecule has 1 rings (SSSR count). The first-order valence-electron chi connectivity index (χ1n) is 7.69. The topological polar surface area (TPSA) is 29.9 Å². The van der Waals surface area contributed by atoms with Crippen molar-refractivity contribution >= 4 is 0 Å². The Morgan fingerprint density at radius 1 is 1.21 bits per heavy atom. The monoisotopic (exact) mass is 265 g/mol. The Balaban J connectivity index is 2.68. The fourth-order valence-corrected chi connectivity index (χ4v) is 2.44.